The van der Waals surface area contributed by atoms with E-state index in [-0.39, 0.29) is 34.6 Å². The molecule has 3 N–H and O–H groups in total. The first-order valence-corrected chi connectivity index (χ1v) is 12.1. The molecule has 38 heavy (non-hydrogen) atoms. The monoisotopic (exact) mass is 538 g/mol. The van der Waals surface area contributed by atoms with Crippen molar-refractivity contribution in [3.05, 3.63) is 71.5 Å². The molecule has 0 fully saturated rings. The molecule has 3 aromatic heterocycles. The number of ether oxygens (including phenoxy) is 1. The summed E-state index contributed by atoms with van der Waals surface area (Å²) in [5.74, 6) is -0.774. The molecule has 3 amide bonds. The number of amides is 3. The lowest BCUT2D eigenvalue weighted by atomic mass is 10.1. The van der Waals surface area contributed by atoms with Crippen LogP contribution in [0.1, 0.15) is 49.8 Å². The van der Waals surface area contributed by atoms with E-state index in [4.69, 9.17) is 16.3 Å². The molecule has 12 nitrogen and oxygen atoms in total. The van der Waals surface area contributed by atoms with Crippen LogP contribution in [-0.2, 0) is 16.1 Å². The fourth-order valence-electron chi connectivity index (χ4n) is 3.62. The Bertz CT molecular complexity index is 1480. The van der Waals surface area contributed by atoms with E-state index in [2.05, 4.69) is 31.0 Å². The number of carbonyl (C=O) groups is 3. The zero-order valence-electron chi connectivity index (χ0n) is 21.2. The summed E-state index contributed by atoms with van der Waals surface area (Å²) >= 11 is 6.26. The summed E-state index contributed by atoms with van der Waals surface area (Å²) in [6.45, 7) is 6.90. The average Bonchev–Trinajstić information content (AvgIpc) is 3.42. The van der Waals surface area contributed by atoms with Gasteiger partial charge < -0.3 is 14.6 Å². The Morgan fingerprint density at radius 3 is 2.53 bits per heavy atom. The van der Waals surface area contributed by atoms with E-state index in [1.54, 1.807) is 20.8 Å². The summed E-state index contributed by atoms with van der Waals surface area (Å²) < 4.78 is 8.00. The maximum Gasteiger partial charge on any atom is 0.413 e. The van der Waals surface area contributed by atoms with Crippen LogP contribution in [0.3, 0.4) is 0 Å². The first-order chi connectivity index (χ1) is 18.0. The topological polar surface area (TPSA) is 145 Å². The standard InChI is InChI=1S/C25H27ClN8O4/c1-15(16-8-6-5-7-9-16)30-23(36)20-17(26)10-11-34(20)32-18(35)12-33-14-29-19-21(27-13-28-22(19)33)31-24(37)38-25(2,3)4/h5-11,13-15H,12H2,1-4H3,(H,30,36)(H,32,35)(H,27,28,31,37)/t15-/m0/s1. The van der Waals surface area contributed by atoms with Gasteiger partial charge in [0.2, 0.25) is 0 Å². The van der Waals surface area contributed by atoms with Crippen molar-refractivity contribution in [2.24, 2.45) is 0 Å². The van der Waals surface area contributed by atoms with E-state index in [9.17, 15) is 14.4 Å². The number of aromatic nitrogens is 5. The molecule has 0 aliphatic carbocycles. The van der Waals surface area contributed by atoms with Gasteiger partial charge in [-0.25, -0.2) is 19.7 Å². The molecule has 1 atom stereocenters. The molecule has 0 saturated heterocycles. The lowest BCUT2D eigenvalue weighted by Crippen LogP contribution is -2.33. The molecule has 3 heterocycles. The number of benzene rings is 1. The van der Waals surface area contributed by atoms with Gasteiger partial charge in [0.25, 0.3) is 11.8 Å². The molecule has 0 unspecified atom stereocenters. The third-order valence-electron chi connectivity index (χ3n) is 5.28. The Morgan fingerprint density at radius 1 is 1.08 bits per heavy atom. The molecule has 1 aromatic carbocycles. The summed E-state index contributed by atoms with van der Waals surface area (Å²) in [5.41, 5.74) is 3.58. The molecule has 198 valence electrons. The highest BCUT2D eigenvalue weighted by atomic mass is 35.5. The highest BCUT2D eigenvalue weighted by Crippen LogP contribution is 2.20. The van der Waals surface area contributed by atoms with E-state index in [1.807, 2.05) is 37.3 Å². The first-order valence-electron chi connectivity index (χ1n) is 11.7. The zero-order valence-corrected chi connectivity index (χ0v) is 22.0. The lowest BCUT2D eigenvalue weighted by molar-refractivity contribution is -0.117. The molecule has 4 aromatic rings. The SMILES string of the molecule is C[C@H](NC(=O)c1c(Cl)ccn1NC(=O)Cn1cnc2c(NC(=O)OC(C)(C)C)ncnc21)c1ccccc1. The molecule has 0 aliphatic rings. The Labute approximate surface area is 223 Å². The second-order valence-corrected chi connectivity index (χ2v) is 9.82. The van der Waals surface area contributed by atoms with Gasteiger partial charge >= 0.3 is 6.09 Å². The molecule has 13 heteroatoms. The Kier molecular flexibility index (Phi) is 7.62. The molecule has 0 saturated carbocycles. The van der Waals surface area contributed by atoms with Crippen LogP contribution >= 0.6 is 11.6 Å². The fourth-order valence-corrected chi connectivity index (χ4v) is 3.86. The van der Waals surface area contributed by atoms with Crippen molar-refractivity contribution in [1.29, 1.82) is 0 Å². The number of fused-ring (bicyclic) bond motifs is 1. The number of imidazole rings is 1. The summed E-state index contributed by atoms with van der Waals surface area (Å²) in [5, 5.41) is 5.61. The van der Waals surface area contributed by atoms with Gasteiger partial charge in [-0.05, 0) is 39.3 Å². The van der Waals surface area contributed by atoms with Crippen molar-refractivity contribution in [1.82, 2.24) is 29.5 Å². The highest BCUT2D eigenvalue weighted by Gasteiger charge is 2.22. The number of anilines is 1. The summed E-state index contributed by atoms with van der Waals surface area (Å²) in [4.78, 5) is 50.5. The number of hydrogen-bond donors (Lipinski definition) is 3. The summed E-state index contributed by atoms with van der Waals surface area (Å²) in [7, 11) is 0. The normalized spacial score (nSPS) is 12.1. The Balaban J connectivity index is 1.46. The summed E-state index contributed by atoms with van der Waals surface area (Å²) in [6, 6.07) is 10.7. The van der Waals surface area contributed by atoms with Gasteiger partial charge in [0.1, 0.15) is 24.2 Å². The Hall–Kier alpha value is -4.45. The van der Waals surface area contributed by atoms with Crippen LogP contribution < -0.4 is 16.1 Å². The van der Waals surface area contributed by atoms with Crippen LogP contribution in [0.25, 0.3) is 11.2 Å². The second-order valence-electron chi connectivity index (χ2n) is 9.42. The highest BCUT2D eigenvalue weighted by molar-refractivity contribution is 6.33. The molecule has 0 bridgehead atoms. The number of halogens is 1. The minimum absolute atomic E-state index is 0.0875. The van der Waals surface area contributed by atoms with Crippen molar-refractivity contribution < 1.29 is 19.1 Å². The van der Waals surface area contributed by atoms with Crippen LogP contribution in [-0.4, -0.2) is 47.7 Å². The molecular formula is C25H27ClN8O4. The van der Waals surface area contributed by atoms with Gasteiger partial charge in [-0.1, -0.05) is 41.9 Å². The van der Waals surface area contributed by atoms with Gasteiger partial charge in [-0.2, -0.15) is 0 Å². The molecule has 0 radical (unpaired) electrons. The summed E-state index contributed by atoms with van der Waals surface area (Å²) in [6.07, 6.45) is 3.44. The van der Waals surface area contributed by atoms with Gasteiger partial charge in [0, 0.05) is 6.20 Å². The predicted molar refractivity (Wildman–Crippen MR) is 141 cm³/mol. The number of rotatable bonds is 7. The lowest BCUT2D eigenvalue weighted by Gasteiger charge is -2.19. The number of nitrogens with zero attached hydrogens (tertiary/aromatic N) is 5. The van der Waals surface area contributed by atoms with Gasteiger partial charge in [-0.3, -0.25) is 25.0 Å². The zero-order chi connectivity index (χ0) is 27.4. The second kappa shape index (κ2) is 10.9. The first kappa shape index (κ1) is 26.6. The quantitative estimate of drug-likeness (QED) is 0.323. The van der Waals surface area contributed by atoms with Gasteiger partial charge in [0.15, 0.2) is 17.0 Å². The minimum atomic E-state index is -0.693. The van der Waals surface area contributed by atoms with Gasteiger partial charge in [-0.15, -0.1) is 0 Å². The van der Waals surface area contributed by atoms with Crippen LogP contribution in [0.15, 0.2) is 55.2 Å². The van der Waals surface area contributed by atoms with Crippen molar-refractivity contribution in [3.63, 3.8) is 0 Å². The maximum atomic E-state index is 13.0. The van der Waals surface area contributed by atoms with E-state index in [0.717, 1.165) is 5.56 Å². The van der Waals surface area contributed by atoms with Crippen molar-refractivity contribution in [3.8, 4) is 0 Å². The van der Waals surface area contributed by atoms with Crippen LogP contribution in [0.2, 0.25) is 5.02 Å². The maximum absolute atomic E-state index is 13.0. The van der Waals surface area contributed by atoms with E-state index < -0.39 is 23.5 Å². The van der Waals surface area contributed by atoms with E-state index in [0.29, 0.717) is 5.65 Å². The smallest absolute Gasteiger partial charge is 0.413 e. The van der Waals surface area contributed by atoms with E-state index >= 15 is 0 Å². The Morgan fingerprint density at radius 2 is 1.82 bits per heavy atom. The minimum Gasteiger partial charge on any atom is -0.444 e. The third-order valence-corrected chi connectivity index (χ3v) is 5.58. The molecule has 0 spiro atoms. The molecule has 4 rings (SSSR count). The average molecular weight is 539 g/mol. The number of carbonyl (C=O) groups excluding carboxylic acids is 3. The van der Waals surface area contributed by atoms with Crippen molar-refractivity contribution in [2.75, 3.05) is 10.7 Å². The van der Waals surface area contributed by atoms with Crippen molar-refractivity contribution in [2.45, 2.75) is 45.9 Å². The van der Waals surface area contributed by atoms with Gasteiger partial charge in [0.05, 0.1) is 17.4 Å². The largest absolute Gasteiger partial charge is 0.444 e. The molecular weight excluding hydrogens is 512 g/mol. The third kappa shape index (κ3) is 6.27. The number of nitrogens with one attached hydrogen (secondary N) is 3. The number of hydrogen-bond acceptors (Lipinski definition) is 7. The molecule has 0 aliphatic heterocycles. The van der Waals surface area contributed by atoms with Crippen LogP contribution in [0.4, 0.5) is 10.6 Å². The van der Waals surface area contributed by atoms with Crippen LogP contribution in [0.5, 0.6) is 0 Å². The van der Waals surface area contributed by atoms with Crippen LogP contribution in [0, 0.1) is 0 Å². The van der Waals surface area contributed by atoms with Crippen molar-refractivity contribution >= 4 is 46.5 Å². The fraction of sp³-hybridized carbons (Fsp3) is 0.280. The predicted octanol–water partition coefficient (Wildman–Crippen LogP) is 3.89. The van der Waals surface area contributed by atoms with E-state index in [1.165, 1.54) is 34.2 Å².